The van der Waals surface area contributed by atoms with Gasteiger partial charge in [-0.3, -0.25) is 0 Å². The first-order chi connectivity index (χ1) is 5.03. The van der Waals surface area contributed by atoms with Gasteiger partial charge in [0.15, 0.2) is 8.87 Å². The lowest BCUT2D eigenvalue weighted by Gasteiger charge is -1.92. The molecule has 66 valence electrons. The third kappa shape index (κ3) is 3.44. The molecule has 0 radical (unpaired) electrons. The molecule has 0 saturated carbocycles. The van der Waals surface area contributed by atoms with E-state index < -0.39 is 8.87 Å². The van der Waals surface area contributed by atoms with Crippen LogP contribution in [0.25, 0.3) is 0 Å². The second-order valence-corrected chi connectivity index (χ2v) is 7.11. The number of hydrogen-bond acceptors (Lipinski definition) is 4. The van der Waals surface area contributed by atoms with Crippen molar-refractivity contribution in [2.45, 2.75) is 25.6 Å². The van der Waals surface area contributed by atoms with Gasteiger partial charge in [0.05, 0.1) is 12.2 Å². The zero-order valence-electron chi connectivity index (χ0n) is 6.61. The molecule has 1 aliphatic rings. The zero-order valence-corrected chi connectivity index (χ0v) is 8.24. The molecular formula is C6H12O3S2. The summed E-state index contributed by atoms with van der Waals surface area (Å²) in [6, 6.07) is 0. The summed E-state index contributed by atoms with van der Waals surface area (Å²) in [6.45, 7) is 2.04. The van der Waals surface area contributed by atoms with Crippen molar-refractivity contribution in [3.8, 4) is 0 Å². The number of rotatable bonds is 4. The Morgan fingerprint density at radius 2 is 2.09 bits per heavy atom. The van der Waals surface area contributed by atoms with E-state index >= 15 is 0 Å². The van der Waals surface area contributed by atoms with Gasteiger partial charge in [-0.2, -0.15) is 0 Å². The molecule has 2 atom stereocenters. The third-order valence-electron chi connectivity index (χ3n) is 1.54. The molecule has 0 aliphatic carbocycles. The van der Waals surface area contributed by atoms with Crippen molar-refractivity contribution in [2.24, 2.45) is 0 Å². The summed E-state index contributed by atoms with van der Waals surface area (Å²) in [7, 11) is -1.90. The first-order valence-electron chi connectivity index (χ1n) is 3.53. The molecule has 11 heavy (non-hydrogen) atoms. The molecule has 0 aromatic rings. The van der Waals surface area contributed by atoms with Crippen LogP contribution in [0.2, 0.25) is 0 Å². The average molecular weight is 196 g/mol. The van der Waals surface area contributed by atoms with Crippen molar-refractivity contribution >= 4 is 19.7 Å². The summed E-state index contributed by atoms with van der Waals surface area (Å²) < 4.78 is 26.5. The largest absolute Gasteiger partial charge is 0.369 e. The molecule has 5 heteroatoms. The van der Waals surface area contributed by atoms with E-state index in [1.165, 1.54) is 6.26 Å². The van der Waals surface area contributed by atoms with Gasteiger partial charge in [0.2, 0.25) is 0 Å². The monoisotopic (exact) mass is 196 g/mol. The zero-order chi connectivity index (χ0) is 8.48. The van der Waals surface area contributed by atoms with E-state index in [-0.39, 0.29) is 6.10 Å². The molecule has 1 aliphatic heterocycles. The molecule has 0 bridgehead atoms. The Bertz CT molecular complexity index is 222. The summed E-state index contributed by atoms with van der Waals surface area (Å²) >= 11 is 0. The number of ether oxygens (including phenoxy) is 1. The van der Waals surface area contributed by atoms with Crippen LogP contribution < -0.4 is 0 Å². The molecule has 0 aromatic carbocycles. The van der Waals surface area contributed by atoms with E-state index in [1.54, 1.807) is 0 Å². The van der Waals surface area contributed by atoms with Gasteiger partial charge in [0.1, 0.15) is 0 Å². The number of hydrogen-bond donors (Lipinski definition) is 0. The highest BCUT2D eigenvalue weighted by Crippen LogP contribution is 2.29. The van der Waals surface area contributed by atoms with Crippen molar-refractivity contribution < 1.29 is 13.2 Å². The molecule has 1 heterocycles. The van der Waals surface area contributed by atoms with E-state index in [0.29, 0.717) is 11.9 Å². The lowest BCUT2D eigenvalue weighted by molar-refractivity contribution is 0.377. The van der Waals surface area contributed by atoms with E-state index in [1.807, 2.05) is 6.92 Å². The summed E-state index contributed by atoms with van der Waals surface area (Å²) in [6.07, 6.45) is 2.69. The van der Waals surface area contributed by atoms with E-state index in [2.05, 4.69) is 0 Å². The Balaban J connectivity index is 2.16. The predicted molar refractivity (Wildman–Crippen MR) is 46.3 cm³/mol. The summed E-state index contributed by atoms with van der Waals surface area (Å²) in [5.74, 6) is 0.581. The van der Waals surface area contributed by atoms with Crippen molar-refractivity contribution in [3.63, 3.8) is 0 Å². The van der Waals surface area contributed by atoms with E-state index in [0.717, 1.165) is 17.2 Å². The van der Waals surface area contributed by atoms with Gasteiger partial charge >= 0.3 is 0 Å². The fraction of sp³-hybridized carbons (Fsp3) is 1.00. The van der Waals surface area contributed by atoms with E-state index in [9.17, 15) is 8.42 Å². The molecule has 1 rings (SSSR count). The molecule has 1 fully saturated rings. The minimum absolute atomic E-state index is 0.180. The molecule has 2 unspecified atom stereocenters. The first-order valence-corrected chi connectivity index (χ1v) is 6.92. The topological polar surface area (TPSA) is 46.7 Å². The lowest BCUT2D eigenvalue weighted by atomic mass is 10.3. The van der Waals surface area contributed by atoms with Crippen LogP contribution in [-0.4, -0.2) is 32.6 Å². The molecular weight excluding hydrogens is 184 g/mol. The molecule has 0 aromatic heterocycles. The Morgan fingerprint density at radius 3 is 2.45 bits per heavy atom. The van der Waals surface area contributed by atoms with Crippen LogP contribution in [0.4, 0.5) is 0 Å². The van der Waals surface area contributed by atoms with Crippen molar-refractivity contribution in [1.82, 2.24) is 0 Å². The van der Waals surface area contributed by atoms with Gasteiger partial charge in [-0.1, -0.05) is 6.92 Å². The Hall–Kier alpha value is 0.260. The highest BCUT2D eigenvalue weighted by molar-refractivity contribution is 8.71. The first kappa shape index (κ1) is 9.35. The van der Waals surface area contributed by atoms with Gasteiger partial charge in [0.25, 0.3) is 0 Å². The van der Waals surface area contributed by atoms with Crippen LogP contribution in [0.15, 0.2) is 0 Å². The van der Waals surface area contributed by atoms with Gasteiger partial charge in [-0.05, 0) is 17.2 Å². The molecule has 0 amide bonds. The standard InChI is InChI=1S/C6H12O3S2/c1-3-5-6(9-5)4-10-11(2,7)8/h5-6H,3-4H2,1-2H3. The van der Waals surface area contributed by atoms with Gasteiger partial charge < -0.3 is 4.74 Å². The van der Waals surface area contributed by atoms with Crippen LogP contribution in [-0.2, 0) is 13.6 Å². The summed E-state index contributed by atoms with van der Waals surface area (Å²) in [5.41, 5.74) is 0. The van der Waals surface area contributed by atoms with Gasteiger partial charge in [0, 0.05) is 12.0 Å². The Labute approximate surface area is 70.8 Å². The SMILES string of the molecule is CCC1OC1CSS(C)(=O)=O. The Morgan fingerprint density at radius 1 is 1.45 bits per heavy atom. The van der Waals surface area contributed by atoms with Crippen LogP contribution >= 0.6 is 10.8 Å². The van der Waals surface area contributed by atoms with Gasteiger partial charge in [-0.25, -0.2) is 8.42 Å². The van der Waals surface area contributed by atoms with E-state index in [4.69, 9.17) is 4.74 Å². The van der Waals surface area contributed by atoms with Crippen molar-refractivity contribution in [1.29, 1.82) is 0 Å². The average Bonchev–Trinajstić information content (AvgIpc) is 2.60. The van der Waals surface area contributed by atoms with Crippen LogP contribution in [0.3, 0.4) is 0 Å². The minimum atomic E-state index is -2.87. The maximum atomic E-state index is 10.7. The van der Waals surface area contributed by atoms with Crippen LogP contribution in [0.1, 0.15) is 13.3 Å². The Kier molecular flexibility index (Phi) is 2.83. The van der Waals surface area contributed by atoms with Crippen molar-refractivity contribution in [3.05, 3.63) is 0 Å². The fourth-order valence-corrected chi connectivity index (χ4v) is 2.69. The highest BCUT2D eigenvalue weighted by atomic mass is 33.1. The maximum absolute atomic E-state index is 10.7. The molecule has 3 nitrogen and oxygen atoms in total. The summed E-state index contributed by atoms with van der Waals surface area (Å²) in [5, 5.41) is 0. The maximum Gasteiger partial charge on any atom is 0.198 e. The second-order valence-electron chi connectivity index (χ2n) is 2.61. The molecule has 0 spiro atoms. The van der Waals surface area contributed by atoms with Crippen molar-refractivity contribution in [2.75, 3.05) is 12.0 Å². The number of epoxide rings is 1. The van der Waals surface area contributed by atoms with Crippen LogP contribution in [0, 0.1) is 0 Å². The van der Waals surface area contributed by atoms with Crippen LogP contribution in [0.5, 0.6) is 0 Å². The lowest BCUT2D eigenvalue weighted by Crippen LogP contribution is -1.99. The normalized spacial score (nSPS) is 30.4. The molecule has 1 saturated heterocycles. The van der Waals surface area contributed by atoms with Gasteiger partial charge in [-0.15, -0.1) is 0 Å². The highest BCUT2D eigenvalue weighted by Gasteiger charge is 2.37. The quantitative estimate of drug-likeness (QED) is 0.494. The fourth-order valence-electron chi connectivity index (χ4n) is 0.876. The predicted octanol–water partition coefficient (Wildman–Crippen LogP) is 0.857. The molecule has 0 N–H and O–H groups in total. The smallest absolute Gasteiger partial charge is 0.198 e. The minimum Gasteiger partial charge on any atom is -0.369 e. The third-order valence-corrected chi connectivity index (χ3v) is 4.12. The summed E-state index contributed by atoms with van der Waals surface area (Å²) in [4.78, 5) is 0. The second kappa shape index (κ2) is 3.33.